The summed E-state index contributed by atoms with van der Waals surface area (Å²) in [6.45, 7) is 1.07. The van der Waals surface area contributed by atoms with Crippen molar-refractivity contribution < 1.29 is 33.7 Å². The Morgan fingerprint density at radius 2 is 1.51 bits per heavy atom. The molecule has 0 aromatic heterocycles. The largest absolute Gasteiger partial charge is 0.491 e. The summed E-state index contributed by atoms with van der Waals surface area (Å²) in [7, 11) is -2.01. The van der Waals surface area contributed by atoms with E-state index in [0.29, 0.717) is 47.1 Å². The van der Waals surface area contributed by atoms with Crippen LogP contribution >= 0.6 is 0 Å². The summed E-state index contributed by atoms with van der Waals surface area (Å²) in [5.41, 5.74) is 6.55. The molecule has 11 nitrogen and oxygen atoms in total. The van der Waals surface area contributed by atoms with Gasteiger partial charge in [0.15, 0.2) is 0 Å². The van der Waals surface area contributed by atoms with Crippen LogP contribution in [0.25, 0.3) is 0 Å². The lowest BCUT2D eigenvalue weighted by atomic mass is 9.79. The predicted molar refractivity (Wildman–Crippen MR) is 152 cm³/mol. The first kappa shape index (κ1) is 28.5. The van der Waals surface area contributed by atoms with Gasteiger partial charge in [0.25, 0.3) is 17.7 Å². The first-order valence-electron chi connectivity index (χ1n) is 13.3. The average Bonchev–Trinajstić information content (AvgIpc) is 3.56. The molecule has 2 aliphatic heterocycles. The molecule has 0 unspecified atom stereocenters. The van der Waals surface area contributed by atoms with Crippen LogP contribution in [0.5, 0.6) is 0 Å². The highest BCUT2D eigenvalue weighted by Crippen LogP contribution is 2.17. The second-order valence-corrected chi connectivity index (χ2v) is 10.0. The Labute approximate surface area is 237 Å². The Morgan fingerprint density at radius 1 is 0.902 bits per heavy atom. The molecule has 0 radical (unpaired) electrons. The fourth-order valence-corrected chi connectivity index (χ4v) is 5.07. The van der Waals surface area contributed by atoms with E-state index in [0.717, 1.165) is 11.1 Å². The monoisotopic (exact) mass is 556 g/mol. The minimum Gasteiger partial charge on any atom is -0.423 e. The number of rotatable bonds is 10. The fraction of sp³-hybridized carbons (Fsp3) is 0.250. The lowest BCUT2D eigenvalue weighted by molar-refractivity contribution is -0.123. The third-order valence-electron chi connectivity index (χ3n) is 7.31. The molecule has 210 valence electrons. The first-order chi connectivity index (χ1) is 19.8. The van der Waals surface area contributed by atoms with Crippen LogP contribution in [0.1, 0.15) is 50.2 Å². The minimum atomic E-state index is -1.02. The third-order valence-corrected chi connectivity index (χ3v) is 7.31. The Hall–Kier alpha value is -4.00. The number of hydrazine groups is 1. The standard InChI is InChI=1S/C28H30B2N4O7/c31-33-27(36)25(32-26(35)19-8-10-23-21(13-19)16-40-29(23)38)7-4-12-34(15-18-5-2-1-3-6-18)28(37)20-9-11-24-22(14-20)17-41-30(24)39/h1-3,5-6,8-11,13-14,25,38-39H,4,7,12,15-17,31H2,(H,32,35)(H,33,36)/t25-/m0/s1. The Morgan fingerprint density at radius 3 is 2.15 bits per heavy atom. The third kappa shape index (κ3) is 6.50. The molecule has 0 aliphatic carbocycles. The van der Waals surface area contributed by atoms with Gasteiger partial charge in [-0.3, -0.25) is 19.8 Å². The van der Waals surface area contributed by atoms with Crippen molar-refractivity contribution in [2.45, 2.75) is 38.6 Å². The van der Waals surface area contributed by atoms with E-state index in [9.17, 15) is 24.4 Å². The molecule has 41 heavy (non-hydrogen) atoms. The number of nitrogens with zero attached hydrogens (tertiary/aromatic N) is 1. The van der Waals surface area contributed by atoms with Crippen molar-refractivity contribution in [2.24, 2.45) is 5.84 Å². The van der Waals surface area contributed by atoms with Gasteiger partial charge in [-0.05, 0) is 64.7 Å². The number of fused-ring (bicyclic) bond motifs is 2. The van der Waals surface area contributed by atoms with Crippen LogP contribution in [0.2, 0.25) is 0 Å². The van der Waals surface area contributed by atoms with Crippen molar-refractivity contribution in [3.05, 3.63) is 94.5 Å². The molecule has 5 rings (SSSR count). The van der Waals surface area contributed by atoms with Gasteiger partial charge in [-0.25, -0.2) is 5.84 Å². The molecule has 2 aliphatic rings. The lowest BCUT2D eigenvalue weighted by Crippen LogP contribution is -2.49. The van der Waals surface area contributed by atoms with E-state index in [-0.39, 0.29) is 25.5 Å². The Bertz CT molecular complexity index is 1440. The number of amides is 3. The van der Waals surface area contributed by atoms with Gasteiger partial charge in [0.2, 0.25) is 0 Å². The SMILES string of the molecule is NNC(=O)[C@H](CCCN(Cc1ccccc1)C(=O)c1ccc2c(c1)COB2O)NC(=O)c1ccc2c(c1)COB2O. The second kappa shape index (κ2) is 12.7. The molecule has 0 saturated carbocycles. The number of nitrogens with two attached hydrogens (primary N) is 1. The first-order valence-corrected chi connectivity index (χ1v) is 13.3. The number of nitrogens with one attached hydrogen (secondary N) is 2. The van der Waals surface area contributed by atoms with Crippen molar-refractivity contribution >= 4 is 42.9 Å². The van der Waals surface area contributed by atoms with Crippen LogP contribution in [0.15, 0.2) is 66.7 Å². The smallest absolute Gasteiger partial charge is 0.423 e. The maximum Gasteiger partial charge on any atom is 0.491 e. The van der Waals surface area contributed by atoms with Gasteiger partial charge in [-0.15, -0.1) is 0 Å². The fourth-order valence-electron chi connectivity index (χ4n) is 5.07. The maximum absolute atomic E-state index is 13.6. The zero-order chi connectivity index (χ0) is 28.9. The molecule has 2 heterocycles. The van der Waals surface area contributed by atoms with E-state index in [1.807, 2.05) is 30.3 Å². The number of carbonyl (C=O) groups excluding carboxylic acids is 3. The predicted octanol–water partition coefficient (Wildman–Crippen LogP) is -0.667. The highest BCUT2D eigenvalue weighted by molar-refractivity contribution is 6.62. The van der Waals surface area contributed by atoms with E-state index < -0.39 is 32.1 Å². The van der Waals surface area contributed by atoms with Crippen LogP contribution in [0.4, 0.5) is 0 Å². The van der Waals surface area contributed by atoms with Crippen molar-refractivity contribution in [1.29, 1.82) is 0 Å². The zero-order valence-electron chi connectivity index (χ0n) is 22.3. The molecule has 0 fully saturated rings. The quantitative estimate of drug-likeness (QED) is 0.0951. The molecule has 3 amide bonds. The average molecular weight is 556 g/mol. The summed E-state index contributed by atoms with van der Waals surface area (Å²) < 4.78 is 10.4. The van der Waals surface area contributed by atoms with E-state index in [2.05, 4.69) is 10.7 Å². The minimum absolute atomic E-state index is 0.188. The number of hydrogen-bond donors (Lipinski definition) is 5. The van der Waals surface area contributed by atoms with Crippen LogP contribution < -0.4 is 27.5 Å². The zero-order valence-corrected chi connectivity index (χ0v) is 22.3. The van der Waals surface area contributed by atoms with Gasteiger partial charge in [-0.2, -0.15) is 0 Å². The van der Waals surface area contributed by atoms with Gasteiger partial charge in [0.05, 0.1) is 13.2 Å². The molecule has 13 heteroatoms. The van der Waals surface area contributed by atoms with Gasteiger partial charge < -0.3 is 29.6 Å². The number of carbonyl (C=O) groups is 3. The topological polar surface area (TPSA) is 163 Å². The van der Waals surface area contributed by atoms with Crippen molar-refractivity contribution in [3.8, 4) is 0 Å². The summed E-state index contributed by atoms with van der Waals surface area (Å²) >= 11 is 0. The van der Waals surface area contributed by atoms with E-state index in [1.54, 1.807) is 41.3 Å². The highest BCUT2D eigenvalue weighted by Gasteiger charge is 2.30. The number of benzene rings is 3. The van der Waals surface area contributed by atoms with E-state index in [4.69, 9.17) is 15.2 Å². The van der Waals surface area contributed by atoms with Crippen LogP contribution in [0.3, 0.4) is 0 Å². The Kier molecular flexibility index (Phi) is 8.81. The van der Waals surface area contributed by atoms with E-state index >= 15 is 0 Å². The van der Waals surface area contributed by atoms with Gasteiger partial charge in [-0.1, -0.05) is 42.5 Å². The van der Waals surface area contributed by atoms with Gasteiger partial charge in [0.1, 0.15) is 6.04 Å². The number of hydrogen-bond acceptors (Lipinski definition) is 8. The Balaban J connectivity index is 1.27. The maximum atomic E-state index is 13.6. The highest BCUT2D eigenvalue weighted by atomic mass is 16.5. The molecule has 0 saturated heterocycles. The molecular formula is C28H30B2N4O7. The summed E-state index contributed by atoms with van der Waals surface area (Å²) in [6, 6.07) is 18.5. The lowest BCUT2D eigenvalue weighted by Gasteiger charge is -2.25. The summed E-state index contributed by atoms with van der Waals surface area (Å²) in [5, 5.41) is 22.5. The van der Waals surface area contributed by atoms with Crippen molar-refractivity contribution in [2.75, 3.05) is 6.54 Å². The molecule has 3 aromatic rings. The van der Waals surface area contributed by atoms with Crippen molar-refractivity contribution in [1.82, 2.24) is 15.6 Å². The van der Waals surface area contributed by atoms with Crippen LogP contribution in [-0.4, -0.2) is 59.5 Å². The summed E-state index contributed by atoms with van der Waals surface area (Å²) in [5.74, 6) is 4.17. The summed E-state index contributed by atoms with van der Waals surface area (Å²) in [6.07, 6.45) is 0.623. The van der Waals surface area contributed by atoms with Gasteiger partial charge in [0, 0.05) is 24.2 Å². The normalized spacial score (nSPS) is 14.3. The molecule has 0 spiro atoms. The van der Waals surface area contributed by atoms with E-state index in [1.165, 1.54) is 0 Å². The second-order valence-electron chi connectivity index (χ2n) is 10.0. The van der Waals surface area contributed by atoms with Crippen molar-refractivity contribution in [3.63, 3.8) is 0 Å². The molecule has 6 N–H and O–H groups in total. The summed E-state index contributed by atoms with van der Waals surface area (Å²) in [4.78, 5) is 40.8. The molecule has 0 bridgehead atoms. The molecule has 3 aromatic carbocycles. The van der Waals surface area contributed by atoms with Gasteiger partial charge >= 0.3 is 14.2 Å². The van der Waals surface area contributed by atoms with Crippen LogP contribution in [0, 0.1) is 0 Å². The van der Waals surface area contributed by atoms with Crippen LogP contribution in [-0.2, 0) is 33.9 Å². The molecule has 1 atom stereocenters. The molecular weight excluding hydrogens is 526 g/mol.